The molecule has 0 N–H and O–H groups in total. The van der Waals surface area contributed by atoms with Crippen molar-refractivity contribution >= 4 is 27.8 Å². The first kappa shape index (κ1) is 15.5. The molecule has 118 valence electrons. The first-order valence-electron chi connectivity index (χ1n) is 7.57. The van der Waals surface area contributed by atoms with E-state index in [0.717, 1.165) is 15.6 Å². The molecule has 5 heteroatoms. The summed E-state index contributed by atoms with van der Waals surface area (Å²) in [5.74, 6) is -0.146. The highest BCUT2D eigenvalue weighted by molar-refractivity contribution is 9.10. The maximum absolute atomic E-state index is 12.5. The minimum Gasteiger partial charge on any atom is -0.460 e. The van der Waals surface area contributed by atoms with Crippen molar-refractivity contribution in [3.8, 4) is 0 Å². The van der Waals surface area contributed by atoms with Gasteiger partial charge in [0.15, 0.2) is 0 Å². The van der Waals surface area contributed by atoms with Gasteiger partial charge in [-0.3, -0.25) is 9.59 Å². The molecule has 1 aromatic carbocycles. The smallest absolute Gasteiger partial charge is 0.309 e. The summed E-state index contributed by atoms with van der Waals surface area (Å²) in [6, 6.07) is 5.97. The molecule has 0 spiro atoms. The lowest BCUT2D eigenvalue weighted by molar-refractivity contribution is -0.165. The molecule has 1 fully saturated rings. The van der Waals surface area contributed by atoms with Gasteiger partial charge in [-0.05, 0) is 51.3 Å². The Hall–Kier alpha value is -1.36. The van der Waals surface area contributed by atoms with Gasteiger partial charge < -0.3 is 9.64 Å². The van der Waals surface area contributed by atoms with Gasteiger partial charge in [0.25, 0.3) is 5.91 Å². The van der Waals surface area contributed by atoms with Crippen LogP contribution < -0.4 is 0 Å². The van der Waals surface area contributed by atoms with E-state index in [9.17, 15) is 9.59 Å². The number of esters is 1. The molecule has 1 aliphatic heterocycles. The van der Waals surface area contributed by atoms with Crippen molar-refractivity contribution in [3.05, 3.63) is 33.8 Å². The number of halogens is 1. The van der Waals surface area contributed by atoms with Gasteiger partial charge in [0.05, 0.1) is 5.92 Å². The Bertz CT molecular complexity index is 629. The number of rotatable bonds is 2. The number of hydrogen-bond acceptors (Lipinski definition) is 3. The van der Waals surface area contributed by atoms with E-state index >= 15 is 0 Å². The quantitative estimate of drug-likeness (QED) is 0.753. The van der Waals surface area contributed by atoms with Gasteiger partial charge in [0.2, 0.25) is 0 Å². The van der Waals surface area contributed by atoms with E-state index in [1.165, 1.54) is 0 Å². The third kappa shape index (κ3) is 2.91. The first-order chi connectivity index (χ1) is 10.2. The molecule has 3 rings (SSSR count). The van der Waals surface area contributed by atoms with Gasteiger partial charge in [0.1, 0.15) is 5.60 Å². The van der Waals surface area contributed by atoms with Crippen LogP contribution >= 0.6 is 15.9 Å². The Labute approximate surface area is 138 Å². The lowest BCUT2D eigenvalue weighted by atomic mass is 9.79. The molecular weight excluding hydrogens is 346 g/mol. The molecule has 0 bridgehead atoms. The van der Waals surface area contributed by atoms with Gasteiger partial charge in [-0.25, -0.2) is 0 Å². The molecule has 22 heavy (non-hydrogen) atoms. The fraction of sp³-hybridized carbons (Fsp3) is 0.529. The van der Waals surface area contributed by atoms with Crippen molar-refractivity contribution in [2.24, 2.45) is 5.92 Å². The van der Waals surface area contributed by atoms with E-state index in [2.05, 4.69) is 15.9 Å². The Morgan fingerprint density at radius 2 is 2.00 bits per heavy atom. The second-order valence-corrected chi connectivity index (χ2v) is 8.01. The average Bonchev–Trinajstić information content (AvgIpc) is 2.63. The first-order valence-corrected chi connectivity index (χ1v) is 8.36. The summed E-state index contributed by atoms with van der Waals surface area (Å²) in [5, 5.41) is 0. The number of hydrogen-bond donors (Lipinski definition) is 0. The SMILES string of the molecule is CC(C)(C)OC(=O)C1CC(N2Cc3ccc(Br)cc3C2=O)C1. The summed E-state index contributed by atoms with van der Waals surface area (Å²) in [6.07, 6.45) is 1.41. The molecular formula is C17H20BrNO3. The predicted molar refractivity (Wildman–Crippen MR) is 86.4 cm³/mol. The van der Waals surface area contributed by atoms with Crippen molar-refractivity contribution < 1.29 is 14.3 Å². The molecule has 0 atom stereocenters. The van der Waals surface area contributed by atoms with E-state index in [-0.39, 0.29) is 23.8 Å². The monoisotopic (exact) mass is 365 g/mol. The van der Waals surface area contributed by atoms with Gasteiger partial charge in [-0.15, -0.1) is 0 Å². The molecule has 2 aliphatic rings. The number of fused-ring (bicyclic) bond motifs is 1. The van der Waals surface area contributed by atoms with Crippen LogP contribution in [0.1, 0.15) is 49.5 Å². The number of amides is 1. The second kappa shape index (κ2) is 5.37. The summed E-state index contributed by atoms with van der Waals surface area (Å²) >= 11 is 3.40. The maximum Gasteiger partial charge on any atom is 0.309 e. The van der Waals surface area contributed by atoms with Crippen molar-refractivity contribution in [2.75, 3.05) is 0 Å². The third-order valence-corrected chi connectivity index (χ3v) is 4.69. The second-order valence-electron chi connectivity index (χ2n) is 7.09. The molecule has 1 aliphatic carbocycles. The van der Waals surface area contributed by atoms with Crippen LogP contribution in [0.4, 0.5) is 0 Å². The standard InChI is InChI=1S/C17H20BrNO3/c1-17(2,3)22-16(21)11-6-13(7-11)19-9-10-4-5-12(18)8-14(10)15(19)20/h4-5,8,11,13H,6-7,9H2,1-3H3. The highest BCUT2D eigenvalue weighted by atomic mass is 79.9. The summed E-state index contributed by atoms with van der Waals surface area (Å²) < 4.78 is 6.33. The highest BCUT2D eigenvalue weighted by Crippen LogP contribution is 2.38. The maximum atomic E-state index is 12.5. The number of benzene rings is 1. The van der Waals surface area contributed by atoms with Crippen molar-refractivity contribution in [1.82, 2.24) is 4.90 Å². The Morgan fingerprint density at radius 3 is 2.64 bits per heavy atom. The summed E-state index contributed by atoms with van der Waals surface area (Å²) in [5.41, 5.74) is 1.39. The largest absolute Gasteiger partial charge is 0.460 e. The Balaban J connectivity index is 1.61. The van der Waals surface area contributed by atoms with Crippen molar-refractivity contribution in [2.45, 2.75) is 51.8 Å². The number of nitrogens with zero attached hydrogens (tertiary/aromatic N) is 1. The third-order valence-electron chi connectivity index (χ3n) is 4.20. The van der Waals surface area contributed by atoms with E-state index in [0.29, 0.717) is 19.4 Å². The predicted octanol–water partition coefficient (Wildman–Crippen LogP) is 3.53. The molecule has 0 saturated heterocycles. The van der Waals surface area contributed by atoms with Crippen molar-refractivity contribution in [3.63, 3.8) is 0 Å². The van der Waals surface area contributed by atoms with Crippen LogP contribution in [0.15, 0.2) is 22.7 Å². The lowest BCUT2D eigenvalue weighted by Gasteiger charge is -2.40. The van der Waals surface area contributed by atoms with Crippen LogP contribution in [0.25, 0.3) is 0 Å². The molecule has 0 aromatic heterocycles. The van der Waals surface area contributed by atoms with Gasteiger partial charge in [0, 0.05) is 22.6 Å². The van der Waals surface area contributed by atoms with E-state index in [1.54, 1.807) is 0 Å². The van der Waals surface area contributed by atoms with Gasteiger partial charge in [-0.1, -0.05) is 22.0 Å². The van der Waals surface area contributed by atoms with Crippen molar-refractivity contribution in [1.29, 1.82) is 0 Å². The number of carbonyl (C=O) groups is 2. The van der Waals surface area contributed by atoms with Crippen LogP contribution in [-0.4, -0.2) is 28.4 Å². The minimum atomic E-state index is -0.450. The fourth-order valence-corrected chi connectivity index (χ4v) is 3.37. The number of ether oxygens (including phenoxy) is 1. The van der Waals surface area contributed by atoms with Crippen LogP contribution in [0.5, 0.6) is 0 Å². The molecule has 1 amide bonds. The topological polar surface area (TPSA) is 46.6 Å². The Kier molecular flexibility index (Phi) is 3.79. The zero-order valence-corrected chi connectivity index (χ0v) is 14.6. The van der Waals surface area contributed by atoms with E-state index in [4.69, 9.17) is 4.74 Å². The van der Waals surface area contributed by atoms with Gasteiger partial charge in [-0.2, -0.15) is 0 Å². The molecule has 0 radical (unpaired) electrons. The molecule has 1 saturated carbocycles. The van der Waals surface area contributed by atoms with Crippen LogP contribution in [-0.2, 0) is 16.1 Å². The van der Waals surface area contributed by atoms with E-state index in [1.807, 2.05) is 43.9 Å². The fourth-order valence-electron chi connectivity index (χ4n) is 3.01. The Morgan fingerprint density at radius 1 is 1.32 bits per heavy atom. The van der Waals surface area contributed by atoms with Crippen LogP contribution in [0.2, 0.25) is 0 Å². The highest BCUT2D eigenvalue weighted by Gasteiger charge is 2.44. The zero-order valence-electron chi connectivity index (χ0n) is 13.1. The number of carbonyl (C=O) groups excluding carboxylic acids is 2. The van der Waals surface area contributed by atoms with Crippen LogP contribution in [0.3, 0.4) is 0 Å². The van der Waals surface area contributed by atoms with E-state index < -0.39 is 5.60 Å². The molecule has 4 nitrogen and oxygen atoms in total. The lowest BCUT2D eigenvalue weighted by Crippen LogP contribution is -2.48. The van der Waals surface area contributed by atoms with Gasteiger partial charge >= 0.3 is 5.97 Å². The minimum absolute atomic E-state index is 0.0731. The summed E-state index contributed by atoms with van der Waals surface area (Å²) in [4.78, 5) is 26.4. The normalized spacial score (nSPS) is 24.0. The molecule has 1 heterocycles. The zero-order chi connectivity index (χ0) is 16.1. The summed E-state index contributed by atoms with van der Waals surface area (Å²) in [6.45, 7) is 6.27. The van der Waals surface area contributed by atoms with Crippen LogP contribution in [0, 0.1) is 5.92 Å². The molecule has 0 unspecified atom stereocenters. The summed E-state index contributed by atoms with van der Waals surface area (Å²) in [7, 11) is 0. The molecule has 1 aromatic rings. The average molecular weight is 366 g/mol.